The molecule has 2 fully saturated rings. The number of phenolic OH excluding ortho intramolecular Hbond substituents is 1. The SMILES string of the molecule is CCC(=C(c1ccc(O)cc1)c1ccc(OCCNC)cc1)C1CCC2(CC1)OCCO2. The van der Waals surface area contributed by atoms with Crippen molar-refractivity contribution in [3.05, 3.63) is 65.2 Å². The fourth-order valence-electron chi connectivity index (χ4n) is 5.02. The van der Waals surface area contributed by atoms with Crippen molar-refractivity contribution < 1.29 is 19.3 Å². The van der Waals surface area contributed by atoms with Gasteiger partial charge < -0.3 is 24.6 Å². The maximum atomic E-state index is 9.85. The van der Waals surface area contributed by atoms with Gasteiger partial charge in [0.25, 0.3) is 0 Å². The number of phenols is 1. The van der Waals surface area contributed by atoms with Crippen molar-refractivity contribution in [3.8, 4) is 11.5 Å². The first-order chi connectivity index (χ1) is 15.6. The van der Waals surface area contributed by atoms with Crippen molar-refractivity contribution in [1.29, 1.82) is 0 Å². The van der Waals surface area contributed by atoms with Crippen LogP contribution in [0.1, 0.15) is 50.2 Å². The Bertz CT molecular complexity index is 888. The molecule has 0 aromatic heterocycles. The number of allylic oxidation sites excluding steroid dienone is 1. The maximum absolute atomic E-state index is 9.85. The van der Waals surface area contributed by atoms with Crippen molar-refractivity contribution in [2.75, 3.05) is 33.4 Å². The Morgan fingerprint density at radius 1 is 1.00 bits per heavy atom. The molecule has 1 aliphatic heterocycles. The van der Waals surface area contributed by atoms with Crippen LogP contribution < -0.4 is 10.1 Å². The summed E-state index contributed by atoms with van der Waals surface area (Å²) in [5.74, 6) is 1.31. The van der Waals surface area contributed by atoms with Gasteiger partial charge in [0.1, 0.15) is 18.1 Å². The molecular formula is C27H35NO4. The Balaban J connectivity index is 1.65. The molecular weight excluding hydrogens is 402 g/mol. The third-order valence-corrected chi connectivity index (χ3v) is 6.68. The lowest BCUT2D eigenvalue weighted by atomic mass is 9.76. The number of rotatable bonds is 8. The lowest BCUT2D eigenvalue weighted by molar-refractivity contribution is -0.180. The first-order valence-electron chi connectivity index (χ1n) is 11.8. The zero-order chi connectivity index (χ0) is 22.4. The molecule has 172 valence electrons. The molecule has 1 aliphatic carbocycles. The van der Waals surface area contributed by atoms with Crippen molar-refractivity contribution in [3.63, 3.8) is 0 Å². The summed E-state index contributed by atoms with van der Waals surface area (Å²) in [4.78, 5) is 0. The first kappa shape index (κ1) is 22.8. The topological polar surface area (TPSA) is 60.0 Å². The maximum Gasteiger partial charge on any atom is 0.168 e. The van der Waals surface area contributed by atoms with E-state index in [2.05, 4.69) is 36.5 Å². The molecule has 0 unspecified atom stereocenters. The summed E-state index contributed by atoms with van der Waals surface area (Å²) in [6.45, 7) is 5.13. The molecule has 2 aromatic carbocycles. The van der Waals surface area contributed by atoms with E-state index < -0.39 is 0 Å². The van der Waals surface area contributed by atoms with Gasteiger partial charge in [-0.3, -0.25) is 0 Å². The highest BCUT2D eigenvalue weighted by Gasteiger charge is 2.41. The van der Waals surface area contributed by atoms with Crippen molar-refractivity contribution in [2.24, 2.45) is 5.92 Å². The fraction of sp³-hybridized carbons (Fsp3) is 0.481. The van der Waals surface area contributed by atoms with Crippen LogP contribution in [0.5, 0.6) is 11.5 Å². The fourth-order valence-corrected chi connectivity index (χ4v) is 5.02. The Labute approximate surface area is 191 Å². The molecule has 1 saturated carbocycles. The minimum Gasteiger partial charge on any atom is -0.508 e. The van der Waals surface area contributed by atoms with Gasteiger partial charge >= 0.3 is 0 Å². The number of ether oxygens (including phenoxy) is 3. The first-order valence-corrected chi connectivity index (χ1v) is 11.8. The normalized spacial score (nSPS) is 19.2. The lowest BCUT2D eigenvalue weighted by Gasteiger charge is -2.37. The molecule has 1 spiro atoms. The molecule has 32 heavy (non-hydrogen) atoms. The minimum absolute atomic E-state index is 0.287. The minimum atomic E-state index is -0.347. The number of aromatic hydroxyl groups is 1. The van der Waals surface area contributed by atoms with Crippen LogP contribution in [-0.2, 0) is 9.47 Å². The summed E-state index contributed by atoms with van der Waals surface area (Å²) in [6, 6.07) is 16.0. The summed E-state index contributed by atoms with van der Waals surface area (Å²) in [5.41, 5.74) is 5.05. The van der Waals surface area contributed by atoms with Crippen LogP contribution in [0.3, 0.4) is 0 Å². The van der Waals surface area contributed by atoms with Crippen LogP contribution in [0.25, 0.3) is 5.57 Å². The van der Waals surface area contributed by atoms with Gasteiger partial charge in [0.05, 0.1) is 13.2 Å². The Morgan fingerprint density at radius 2 is 1.59 bits per heavy atom. The number of hydrogen-bond acceptors (Lipinski definition) is 5. The largest absolute Gasteiger partial charge is 0.508 e. The number of hydrogen-bond donors (Lipinski definition) is 2. The molecule has 1 saturated heterocycles. The average Bonchev–Trinajstić information content (AvgIpc) is 3.28. The molecule has 0 bridgehead atoms. The molecule has 5 heteroatoms. The highest BCUT2D eigenvalue weighted by molar-refractivity contribution is 5.82. The molecule has 2 aromatic rings. The van der Waals surface area contributed by atoms with Crippen LogP contribution >= 0.6 is 0 Å². The predicted molar refractivity (Wildman–Crippen MR) is 127 cm³/mol. The van der Waals surface area contributed by atoms with Crippen LogP contribution in [0.15, 0.2) is 54.1 Å². The van der Waals surface area contributed by atoms with Gasteiger partial charge in [-0.15, -0.1) is 0 Å². The van der Waals surface area contributed by atoms with Gasteiger partial charge in [0.15, 0.2) is 5.79 Å². The van der Waals surface area contributed by atoms with Gasteiger partial charge in [0, 0.05) is 19.4 Å². The molecule has 5 nitrogen and oxygen atoms in total. The highest BCUT2D eigenvalue weighted by Crippen LogP contribution is 2.44. The third kappa shape index (κ3) is 5.17. The summed E-state index contributed by atoms with van der Waals surface area (Å²) < 4.78 is 17.7. The second kappa shape index (κ2) is 10.5. The average molecular weight is 438 g/mol. The van der Waals surface area contributed by atoms with E-state index in [0.29, 0.717) is 25.7 Å². The van der Waals surface area contributed by atoms with E-state index in [4.69, 9.17) is 14.2 Å². The van der Waals surface area contributed by atoms with Crippen molar-refractivity contribution >= 4 is 5.57 Å². The molecule has 0 radical (unpaired) electrons. The molecule has 2 aliphatic rings. The van der Waals surface area contributed by atoms with Gasteiger partial charge in [-0.2, -0.15) is 0 Å². The Kier molecular flexibility index (Phi) is 7.51. The highest BCUT2D eigenvalue weighted by atomic mass is 16.7. The van der Waals surface area contributed by atoms with E-state index in [0.717, 1.165) is 50.0 Å². The van der Waals surface area contributed by atoms with Gasteiger partial charge in [-0.05, 0) is 73.2 Å². The van der Waals surface area contributed by atoms with Crippen LogP contribution in [0.2, 0.25) is 0 Å². The number of likely N-dealkylation sites (N-methyl/N-ethyl adjacent to an activating group) is 1. The van der Waals surface area contributed by atoms with E-state index >= 15 is 0 Å². The predicted octanol–water partition coefficient (Wildman–Crippen LogP) is 5.14. The van der Waals surface area contributed by atoms with E-state index in [1.807, 2.05) is 19.2 Å². The van der Waals surface area contributed by atoms with Gasteiger partial charge in [-0.1, -0.05) is 36.8 Å². The van der Waals surface area contributed by atoms with Crippen LogP contribution in [0.4, 0.5) is 0 Å². The van der Waals surface area contributed by atoms with E-state index in [1.54, 1.807) is 12.1 Å². The quantitative estimate of drug-likeness (QED) is 0.560. The summed E-state index contributed by atoms with van der Waals surface area (Å²) in [7, 11) is 1.92. The van der Waals surface area contributed by atoms with E-state index in [-0.39, 0.29) is 11.5 Å². The summed E-state index contributed by atoms with van der Waals surface area (Å²) in [5, 5.41) is 12.9. The molecule has 1 heterocycles. The van der Waals surface area contributed by atoms with Gasteiger partial charge in [-0.25, -0.2) is 0 Å². The lowest BCUT2D eigenvalue weighted by Crippen LogP contribution is -2.35. The number of benzene rings is 2. The second-order valence-electron chi connectivity index (χ2n) is 8.66. The van der Waals surface area contributed by atoms with Crippen molar-refractivity contribution in [2.45, 2.75) is 44.8 Å². The number of nitrogens with one attached hydrogen (secondary N) is 1. The Hall–Kier alpha value is -2.34. The standard InChI is InChI=1S/C27H35NO4/c1-3-25(20-12-14-27(15-13-20)31-18-19-32-27)26(21-4-8-23(29)9-5-21)22-6-10-24(11-7-22)30-17-16-28-2/h4-11,20,28-29H,3,12-19H2,1-2H3. The molecule has 0 amide bonds. The van der Waals surface area contributed by atoms with Gasteiger partial charge in [0.2, 0.25) is 0 Å². The molecule has 0 atom stereocenters. The molecule has 4 rings (SSSR count). The monoisotopic (exact) mass is 437 g/mol. The zero-order valence-electron chi connectivity index (χ0n) is 19.2. The molecule has 2 N–H and O–H groups in total. The van der Waals surface area contributed by atoms with Crippen LogP contribution in [0, 0.1) is 5.92 Å². The van der Waals surface area contributed by atoms with Crippen LogP contribution in [-0.4, -0.2) is 44.3 Å². The summed E-state index contributed by atoms with van der Waals surface area (Å²) in [6.07, 6.45) is 5.01. The third-order valence-electron chi connectivity index (χ3n) is 6.68. The van der Waals surface area contributed by atoms with E-state index in [9.17, 15) is 5.11 Å². The second-order valence-corrected chi connectivity index (χ2v) is 8.66. The smallest absolute Gasteiger partial charge is 0.168 e. The van der Waals surface area contributed by atoms with Crippen molar-refractivity contribution in [1.82, 2.24) is 5.32 Å². The zero-order valence-corrected chi connectivity index (χ0v) is 19.2. The Morgan fingerprint density at radius 3 is 2.16 bits per heavy atom. The van der Waals surface area contributed by atoms with E-state index in [1.165, 1.54) is 16.7 Å². The summed E-state index contributed by atoms with van der Waals surface area (Å²) >= 11 is 0.